The second-order valence-electron chi connectivity index (χ2n) is 13.4. The third-order valence-corrected chi connectivity index (χ3v) is 10.3. The van der Waals surface area contributed by atoms with Gasteiger partial charge in [-0.25, -0.2) is 0 Å². The normalized spacial score (nSPS) is 11.5. The summed E-state index contributed by atoms with van der Waals surface area (Å²) in [5, 5.41) is 3.70. The van der Waals surface area contributed by atoms with Crippen molar-refractivity contribution in [3.05, 3.63) is 206 Å². The molecule has 0 spiro atoms. The number of rotatable bonds is 6. The van der Waals surface area contributed by atoms with Crippen LogP contribution in [-0.4, -0.2) is 9.13 Å². The van der Waals surface area contributed by atoms with Crippen molar-refractivity contribution in [3.8, 4) is 55.9 Å². The zero-order valence-electron chi connectivity index (χ0n) is 28.5. The van der Waals surface area contributed by atoms with Crippen molar-refractivity contribution < 1.29 is 0 Å². The second kappa shape index (κ2) is 12.5. The van der Waals surface area contributed by atoms with Gasteiger partial charge in [-0.3, -0.25) is 0 Å². The zero-order chi connectivity index (χ0) is 34.4. The minimum Gasteiger partial charge on any atom is -0.315 e. The highest BCUT2D eigenvalue weighted by atomic mass is 15.0. The molecule has 0 N–H and O–H groups in total. The Morgan fingerprint density at radius 2 is 0.827 bits per heavy atom. The summed E-state index contributed by atoms with van der Waals surface area (Å²) in [5.41, 5.74) is 15.4. The first-order valence-electron chi connectivity index (χ1n) is 17.9. The number of hydrogen-bond acceptors (Lipinski definition) is 0. The average molecular weight is 663 g/mol. The molecule has 2 aromatic heterocycles. The van der Waals surface area contributed by atoms with Gasteiger partial charge in [0, 0.05) is 39.2 Å². The lowest BCUT2D eigenvalue weighted by atomic mass is 9.95. The van der Waals surface area contributed by atoms with Gasteiger partial charge < -0.3 is 9.13 Å². The van der Waals surface area contributed by atoms with Crippen LogP contribution < -0.4 is 0 Å². The Labute approximate surface area is 303 Å². The van der Waals surface area contributed by atoms with Crippen molar-refractivity contribution in [3.63, 3.8) is 0 Å². The van der Waals surface area contributed by atoms with Gasteiger partial charge in [0.1, 0.15) is 0 Å². The summed E-state index contributed by atoms with van der Waals surface area (Å²) in [7, 11) is 0. The van der Waals surface area contributed by atoms with Crippen LogP contribution >= 0.6 is 0 Å². The molecular formula is C50H34N2. The summed E-state index contributed by atoms with van der Waals surface area (Å²) < 4.78 is 4.88. The fourth-order valence-electron chi connectivity index (χ4n) is 7.98. The van der Waals surface area contributed by atoms with Crippen LogP contribution in [0.2, 0.25) is 0 Å². The molecule has 10 rings (SSSR count). The van der Waals surface area contributed by atoms with Gasteiger partial charge in [-0.2, -0.15) is 0 Å². The summed E-state index contributed by atoms with van der Waals surface area (Å²) in [4.78, 5) is 0. The van der Waals surface area contributed by atoms with Gasteiger partial charge in [-0.05, 0) is 69.8 Å². The fourth-order valence-corrected chi connectivity index (χ4v) is 7.98. The molecule has 0 atom stereocenters. The SMILES string of the molecule is c1ccc(-c2cc(-c3ccccc3)cc(-n3c4ccccc4c4ccc5c(ccn5-c5c(-c6ccccc6)cccc5-c5ccccc5)c43)c2)cc1. The Balaban J connectivity index is 1.28. The highest BCUT2D eigenvalue weighted by Gasteiger charge is 2.21. The summed E-state index contributed by atoms with van der Waals surface area (Å²) >= 11 is 0. The van der Waals surface area contributed by atoms with E-state index in [0.717, 1.165) is 5.69 Å². The predicted octanol–water partition coefficient (Wildman–Crippen LogP) is 13.4. The number of nitrogens with zero attached hydrogens (tertiary/aromatic N) is 2. The van der Waals surface area contributed by atoms with Crippen LogP contribution in [0.5, 0.6) is 0 Å². The molecular weight excluding hydrogens is 629 g/mol. The molecule has 0 amide bonds. The van der Waals surface area contributed by atoms with E-state index in [9.17, 15) is 0 Å². The number of para-hydroxylation sites is 2. The first kappa shape index (κ1) is 30.0. The van der Waals surface area contributed by atoms with Crippen LogP contribution in [0.1, 0.15) is 0 Å². The summed E-state index contributed by atoms with van der Waals surface area (Å²) in [6.07, 6.45) is 2.26. The van der Waals surface area contributed by atoms with E-state index in [-0.39, 0.29) is 0 Å². The number of aromatic nitrogens is 2. The first-order valence-corrected chi connectivity index (χ1v) is 17.9. The monoisotopic (exact) mass is 662 g/mol. The molecule has 0 radical (unpaired) electrons. The predicted molar refractivity (Wildman–Crippen MR) is 219 cm³/mol. The largest absolute Gasteiger partial charge is 0.315 e. The summed E-state index contributed by atoms with van der Waals surface area (Å²) in [6, 6.07) is 72.4. The molecule has 0 unspecified atom stereocenters. The maximum atomic E-state index is 2.48. The van der Waals surface area contributed by atoms with Crippen LogP contribution in [0.15, 0.2) is 206 Å². The van der Waals surface area contributed by atoms with Crippen molar-refractivity contribution in [1.29, 1.82) is 0 Å². The van der Waals surface area contributed by atoms with E-state index < -0.39 is 0 Å². The van der Waals surface area contributed by atoms with Crippen LogP contribution in [-0.2, 0) is 0 Å². The van der Waals surface area contributed by atoms with Crippen LogP contribution in [0, 0.1) is 0 Å². The van der Waals surface area contributed by atoms with Gasteiger partial charge in [-0.15, -0.1) is 0 Å². The van der Waals surface area contributed by atoms with E-state index in [1.807, 2.05) is 0 Å². The fraction of sp³-hybridized carbons (Fsp3) is 0. The van der Waals surface area contributed by atoms with Gasteiger partial charge in [0.2, 0.25) is 0 Å². The lowest BCUT2D eigenvalue weighted by Crippen LogP contribution is -2.00. The van der Waals surface area contributed by atoms with Crippen molar-refractivity contribution in [2.45, 2.75) is 0 Å². The third-order valence-electron chi connectivity index (χ3n) is 10.3. The van der Waals surface area contributed by atoms with Crippen molar-refractivity contribution in [2.24, 2.45) is 0 Å². The molecule has 2 heterocycles. The molecule has 10 aromatic rings. The van der Waals surface area contributed by atoms with Crippen LogP contribution in [0.4, 0.5) is 0 Å². The molecule has 52 heavy (non-hydrogen) atoms. The molecule has 2 nitrogen and oxygen atoms in total. The molecule has 8 aromatic carbocycles. The highest BCUT2D eigenvalue weighted by Crippen LogP contribution is 2.42. The third kappa shape index (κ3) is 4.96. The van der Waals surface area contributed by atoms with Crippen LogP contribution in [0.25, 0.3) is 88.6 Å². The minimum atomic E-state index is 1.14. The Morgan fingerprint density at radius 1 is 0.308 bits per heavy atom. The Kier molecular flexibility index (Phi) is 7.18. The molecule has 244 valence electrons. The van der Waals surface area contributed by atoms with E-state index in [1.54, 1.807) is 0 Å². The van der Waals surface area contributed by atoms with Gasteiger partial charge in [0.15, 0.2) is 0 Å². The first-order chi connectivity index (χ1) is 25.8. The summed E-state index contributed by atoms with van der Waals surface area (Å²) in [6.45, 7) is 0. The molecule has 0 saturated heterocycles. The van der Waals surface area contributed by atoms with Crippen LogP contribution in [0.3, 0.4) is 0 Å². The second-order valence-corrected chi connectivity index (χ2v) is 13.4. The Bertz CT molecular complexity index is 2750. The topological polar surface area (TPSA) is 9.86 Å². The van der Waals surface area contributed by atoms with Gasteiger partial charge in [-0.1, -0.05) is 164 Å². The van der Waals surface area contributed by atoms with E-state index in [2.05, 4.69) is 216 Å². The quantitative estimate of drug-likeness (QED) is 0.168. The standard InChI is InChI=1S/C50H34N2/c1-5-16-35(17-6-1)39-32-40(36-18-7-2-8-19-36)34-41(33-39)52-48-27-14-13-24-44(48)45-28-29-47-46(50(45)52)30-31-51(47)49-42(37-20-9-3-10-21-37)25-15-26-43(49)38-22-11-4-12-23-38/h1-34H. The molecule has 0 fully saturated rings. The summed E-state index contributed by atoms with van der Waals surface area (Å²) in [5.74, 6) is 0. The molecule has 0 aliphatic rings. The maximum absolute atomic E-state index is 2.48. The maximum Gasteiger partial charge on any atom is 0.0635 e. The van der Waals surface area contributed by atoms with Gasteiger partial charge in [0.25, 0.3) is 0 Å². The van der Waals surface area contributed by atoms with E-state index >= 15 is 0 Å². The molecule has 0 saturated carbocycles. The molecule has 2 heteroatoms. The average Bonchev–Trinajstić information content (AvgIpc) is 3.81. The number of fused-ring (bicyclic) bond motifs is 5. The van der Waals surface area contributed by atoms with E-state index in [1.165, 1.54) is 82.9 Å². The van der Waals surface area contributed by atoms with Crippen molar-refractivity contribution >= 4 is 32.7 Å². The lowest BCUT2D eigenvalue weighted by molar-refractivity contribution is 1.13. The number of benzene rings is 8. The van der Waals surface area contributed by atoms with E-state index in [4.69, 9.17) is 0 Å². The number of hydrogen-bond donors (Lipinski definition) is 0. The Morgan fingerprint density at radius 3 is 1.40 bits per heavy atom. The lowest BCUT2D eigenvalue weighted by Gasteiger charge is -2.18. The Hall–Kier alpha value is -6.90. The molecule has 0 aliphatic carbocycles. The van der Waals surface area contributed by atoms with Crippen molar-refractivity contribution in [1.82, 2.24) is 9.13 Å². The molecule has 0 bridgehead atoms. The van der Waals surface area contributed by atoms with E-state index in [0.29, 0.717) is 0 Å². The molecule has 0 aliphatic heterocycles. The van der Waals surface area contributed by atoms with Gasteiger partial charge >= 0.3 is 0 Å². The minimum absolute atomic E-state index is 1.14. The van der Waals surface area contributed by atoms with Crippen molar-refractivity contribution in [2.75, 3.05) is 0 Å². The van der Waals surface area contributed by atoms with Gasteiger partial charge in [0.05, 0.1) is 22.2 Å². The highest BCUT2D eigenvalue weighted by molar-refractivity contribution is 6.18. The smallest absolute Gasteiger partial charge is 0.0635 e. The zero-order valence-corrected chi connectivity index (χ0v) is 28.5.